The van der Waals surface area contributed by atoms with Crippen molar-refractivity contribution in [1.82, 2.24) is 4.57 Å². The Labute approximate surface area is 364 Å². The van der Waals surface area contributed by atoms with E-state index in [-0.39, 0.29) is 10.8 Å². The van der Waals surface area contributed by atoms with E-state index in [0.29, 0.717) is 23.2 Å². The number of aromatic nitrogens is 3. The number of nitrogens with zero attached hydrogens (tertiary/aromatic N) is 4. The molecule has 320 valence electrons. The van der Waals surface area contributed by atoms with Crippen LogP contribution in [0.2, 0.25) is 0 Å². The molecule has 61 heavy (non-hydrogen) atoms. The Bertz CT molecular complexity index is 2360. The predicted molar refractivity (Wildman–Crippen MR) is 243 cm³/mol. The summed E-state index contributed by atoms with van der Waals surface area (Å²) in [6, 6.07) is 16.1. The lowest BCUT2D eigenvalue weighted by molar-refractivity contribution is -0.673. The third-order valence-corrected chi connectivity index (χ3v) is 13.8. The van der Waals surface area contributed by atoms with Crippen LogP contribution >= 0.6 is 11.8 Å². The van der Waals surface area contributed by atoms with Crippen molar-refractivity contribution in [2.24, 2.45) is 33.0 Å². The van der Waals surface area contributed by atoms with E-state index in [9.17, 15) is 0 Å². The minimum absolute atomic E-state index is 0.0657. The maximum Gasteiger partial charge on any atom is 0.215 e. The maximum atomic E-state index is 15.5. The number of hydrogen-bond acceptors (Lipinski definition) is 1. The number of hydrogen-bond donors (Lipinski definition) is 0. The van der Waals surface area contributed by atoms with Crippen LogP contribution in [0.15, 0.2) is 125 Å². The summed E-state index contributed by atoms with van der Waals surface area (Å²) in [6.07, 6.45) is 28.5. The predicted octanol–water partition coefficient (Wildman–Crippen LogP) is 12.2. The summed E-state index contributed by atoms with van der Waals surface area (Å²) < 4.78 is 69.4. The fourth-order valence-electron chi connectivity index (χ4n) is 8.79. The summed E-state index contributed by atoms with van der Waals surface area (Å²) in [6.45, 7) is 8.68. The number of pyridine rings is 2. The second kappa shape index (κ2) is 20.7. The van der Waals surface area contributed by atoms with Crippen LogP contribution in [0.4, 0.5) is 17.6 Å². The van der Waals surface area contributed by atoms with Gasteiger partial charge in [0.1, 0.15) is 21.1 Å². The van der Waals surface area contributed by atoms with Crippen LogP contribution in [0.3, 0.4) is 0 Å². The van der Waals surface area contributed by atoms with Crippen molar-refractivity contribution in [3.8, 4) is 0 Å². The number of thioether (sulfide) groups is 1. The first-order valence-corrected chi connectivity index (χ1v) is 22.5. The van der Waals surface area contributed by atoms with Crippen LogP contribution in [0.1, 0.15) is 102 Å². The van der Waals surface area contributed by atoms with Crippen molar-refractivity contribution in [1.29, 1.82) is 0 Å². The summed E-state index contributed by atoms with van der Waals surface area (Å²) in [5, 5.41) is -0.0657. The molecule has 0 bridgehead atoms. The van der Waals surface area contributed by atoms with E-state index >= 15 is 17.6 Å². The number of likely N-dealkylation sites (N-methyl/N-ethyl adjacent to an activating group) is 1. The van der Waals surface area contributed by atoms with Gasteiger partial charge in [0.15, 0.2) is 41.9 Å². The number of aryl methyl sites for hydroxylation is 3. The van der Waals surface area contributed by atoms with Crippen LogP contribution in [0.25, 0.3) is 16.7 Å². The van der Waals surface area contributed by atoms with Gasteiger partial charge in [-0.1, -0.05) is 44.6 Å². The zero-order chi connectivity index (χ0) is 43.8. The summed E-state index contributed by atoms with van der Waals surface area (Å²) in [5.74, 6) is -4.35. The Morgan fingerprint density at radius 1 is 0.738 bits per heavy atom. The SMILES string of the molecule is CC1=CCCC=C1c1cccc[n+]1C.CC1=CCCC=C1c1cccc[n+]1C.CCC1CC(Sc2c(F)c(F)c(/C(=C3\C=CC=[N+]3C)c3cccn3C)c(F)c2F)CCC1C. The highest BCUT2D eigenvalue weighted by atomic mass is 32.2. The topological polar surface area (TPSA) is 15.7 Å². The number of rotatable bonds is 7. The molecule has 3 unspecified atom stereocenters. The van der Waals surface area contributed by atoms with Gasteiger partial charge in [-0.05, 0) is 106 Å². The van der Waals surface area contributed by atoms with Crippen LogP contribution in [0.5, 0.6) is 0 Å². The molecule has 0 saturated heterocycles. The number of allylic oxidation sites excluding steroid dienone is 10. The van der Waals surface area contributed by atoms with Crippen molar-refractivity contribution in [3.05, 3.63) is 166 Å². The normalized spacial score (nSPS) is 20.6. The molecule has 3 atom stereocenters. The molecule has 0 amide bonds. The lowest BCUT2D eigenvalue weighted by atomic mass is 9.79. The van der Waals surface area contributed by atoms with Crippen molar-refractivity contribution in [2.75, 3.05) is 7.05 Å². The van der Waals surface area contributed by atoms with Crippen molar-refractivity contribution < 1.29 is 31.3 Å². The Morgan fingerprint density at radius 2 is 1.30 bits per heavy atom. The molecule has 0 spiro atoms. The molecule has 1 aliphatic heterocycles. The first-order valence-electron chi connectivity index (χ1n) is 21.6. The Morgan fingerprint density at radius 3 is 1.75 bits per heavy atom. The van der Waals surface area contributed by atoms with E-state index in [2.05, 4.69) is 124 Å². The average molecular weight is 850 g/mol. The molecule has 9 heteroatoms. The molecule has 4 heterocycles. The van der Waals surface area contributed by atoms with Gasteiger partial charge < -0.3 is 4.57 Å². The van der Waals surface area contributed by atoms with Crippen molar-refractivity contribution in [2.45, 2.75) is 89.2 Å². The van der Waals surface area contributed by atoms with Gasteiger partial charge in [-0.25, -0.2) is 31.3 Å². The third-order valence-electron chi connectivity index (χ3n) is 12.4. The fraction of sp³-hybridized carbons (Fsp3) is 0.365. The molecule has 1 fully saturated rings. The molecule has 1 saturated carbocycles. The Kier molecular flexibility index (Phi) is 15.4. The minimum Gasteiger partial charge on any atom is -0.350 e. The van der Waals surface area contributed by atoms with E-state index in [1.54, 1.807) is 59.9 Å². The van der Waals surface area contributed by atoms with Crippen LogP contribution in [0, 0.1) is 35.1 Å². The van der Waals surface area contributed by atoms with Gasteiger partial charge in [-0.2, -0.15) is 0 Å². The number of benzene rings is 1. The molecular weight excluding hydrogens is 789 g/mol. The molecule has 8 rings (SSSR count). The Hall–Kier alpha value is -5.02. The average Bonchev–Trinajstić information content (AvgIpc) is 3.89. The minimum atomic E-state index is -1.36. The first-order chi connectivity index (χ1) is 29.3. The summed E-state index contributed by atoms with van der Waals surface area (Å²) in [7, 11) is 7.63. The zero-order valence-corrected chi connectivity index (χ0v) is 37.8. The monoisotopic (exact) mass is 849 g/mol. The van der Waals surface area contributed by atoms with E-state index in [4.69, 9.17) is 0 Å². The lowest BCUT2D eigenvalue weighted by Crippen LogP contribution is -2.32. The van der Waals surface area contributed by atoms with Gasteiger partial charge in [0, 0.05) is 66.1 Å². The standard InChI is InChI=1S/C26H29F4N2S.2C13H16N/c1-5-16-14-17(11-10-15(16)2)33-26-24(29)22(27)21(23(28)25(26)30)20(18-8-6-12-31(18)3)19-9-7-13-32(19)4;2*1-11-7-3-4-8-12(11)13-9-5-6-10-14(13)2/h6-9,12-13,15-17H,5,10-11,14H2,1-4H3;2*5-10H,3-4H2,1-2H3/q3*+1. The lowest BCUT2D eigenvalue weighted by Gasteiger charge is -2.33. The van der Waals surface area contributed by atoms with Crippen LogP contribution < -0.4 is 9.13 Å². The second-order valence-corrected chi connectivity index (χ2v) is 17.9. The van der Waals surface area contributed by atoms with E-state index in [0.717, 1.165) is 37.4 Å². The van der Waals surface area contributed by atoms with Gasteiger partial charge in [0.25, 0.3) is 0 Å². The van der Waals surface area contributed by atoms with Crippen molar-refractivity contribution in [3.63, 3.8) is 0 Å². The highest BCUT2D eigenvalue weighted by Crippen LogP contribution is 2.44. The molecule has 4 aromatic rings. The van der Waals surface area contributed by atoms with Gasteiger partial charge in [-0.15, -0.1) is 11.8 Å². The van der Waals surface area contributed by atoms with Crippen molar-refractivity contribution >= 4 is 34.7 Å². The Balaban J connectivity index is 0.000000181. The van der Waals surface area contributed by atoms with Gasteiger partial charge >= 0.3 is 0 Å². The molecular formula is C52H61F4N4S+3. The zero-order valence-electron chi connectivity index (χ0n) is 37.0. The van der Waals surface area contributed by atoms with E-state index in [1.807, 2.05) is 0 Å². The molecule has 4 nitrogen and oxygen atoms in total. The molecule has 3 aromatic heterocycles. The van der Waals surface area contributed by atoms with Crippen LogP contribution in [-0.4, -0.2) is 27.7 Å². The van der Waals surface area contributed by atoms with Gasteiger partial charge in [0.05, 0.1) is 21.7 Å². The third kappa shape index (κ3) is 10.4. The molecule has 4 aliphatic rings. The van der Waals surface area contributed by atoms with E-state index < -0.39 is 33.7 Å². The summed E-state index contributed by atoms with van der Waals surface area (Å²) >= 11 is 0.939. The smallest absolute Gasteiger partial charge is 0.215 e. The molecule has 0 radical (unpaired) electrons. The largest absolute Gasteiger partial charge is 0.350 e. The van der Waals surface area contributed by atoms with Gasteiger partial charge in [0.2, 0.25) is 17.1 Å². The molecule has 0 N–H and O–H groups in total. The van der Waals surface area contributed by atoms with E-state index in [1.165, 1.54) is 59.4 Å². The second-order valence-electron chi connectivity index (χ2n) is 16.6. The van der Waals surface area contributed by atoms with Gasteiger partial charge in [-0.3, -0.25) is 0 Å². The molecule has 1 aromatic carbocycles. The fourth-order valence-corrected chi connectivity index (χ4v) is 10.1. The summed E-state index contributed by atoms with van der Waals surface area (Å²) in [4.78, 5) is -0.554. The number of halogens is 4. The summed E-state index contributed by atoms with van der Waals surface area (Å²) in [5.41, 5.74) is 8.54. The highest BCUT2D eigenvalue weighted by molar-refractivity contribution is 8.00. The van der Waals surface area contributed by atoms with Crippen LogP contribution in [-0.2, 0) is 21.1 Å². The molecule has 3 aliphatic carbocycles. The quantitative estimate of drug-likeness (QED) is 0.103. The maximum absolute atomic E-state index is 15.5. The highest BCUT2D eigenvalue weighted by Gasteiger charge is 2.35. The first kappa shape index (κ1) is 45.5.